The number of hydrogen-bond acceptors (Lipinski definition) is 4. The van der Waals surface area contributed by atoms with E-state index in [1.54, 1.807) is 28.0 Å². The number of halogens is 1. The third-order valence-electron chi connectivity index (χ3n) is 7.45. The van der Waals surface area contributed by atoms with Crippen molar-refractivity contribution in [1.82, 2.24) is 30.1 Å². The molecule has 3 atom stereocenters. The molecule has 2 saturated heterocycles. The summed E-state index contributed by atoms with van der Waals surface area (Å²) >= 11 is 0. The monoisotopic (exact) mass is 502 g/mol. The topological polar surface area (TPSA) is 114 Å². The number of fused-ring (bicyclic) bond motifs is 4. The van der Waals surface area contributed by atoms with Gasteiger partial charge in [0, 0.05) is 18.5 Å². The maximum atomic E-state index is 14.1. The van der Waals surface area contributed by atoms with Crippen LogP contribution in [0.5, 0.6) is 0 Å². The Hall–Kier alpha value is -4.21. The molecule has 3 amide bonds. The Bertz CT molecular complexity index is 1510. The Labute approximate surface area is 212 Å². The average molecular weight is 503 g/mol. The number of imidazole rings is 1. The van der Waals surface area contributed by atoms with E-state index in [1.807, 2.05) is 38.1 Å². The molecule has 2 aromatic heterocycles. The van der Waals surface area contributed by atoms with Gasteiger partial charge in [0.1, 0.15) is 17.6 Å². The zero-order valence-corrected chi connectivity index (χ0v) is 20.5. The van der Waals surface area contributed by atoms with Crippen molar-refractivity contribution in [2.24, 2.45) is 5.92 Å². The number of likely N-dealkylation sites (tertiary alicyclic amines) is 2. The fraction of sp³-hybridized carbons (Fsp3) is 0.333. The first-order valence-corrected chi connectivity index (χ1v) is 12.4. The molecule has 2 fully saturated rings. The second-order valence-electron chi connectivity index (χ2n) is 10.2. The fourth-order valence-electron chi connectivity index (χ4n) is 5.53. The Kier molecular flexibility index (Phi) is 5.47. The molecule has 37 heavy (non-hydrogen) atoms. The van der Waals surface area contributed by atoms with Crippen LogP contribution < -0.4 is 5.32 Å². The quantitative estimate of drug-likeness (QED) is 0.389. The molecule has 0 radical (unpaired) electrons. The number of carbonyl (C=O) groups excluding carboxylic acids is 3. The molecule has 190 valence electrons. The van der Waals surface area contributed by atoms with E-state index in [1.165, 1.54) is 6.07 Å². The van der Waals surface area contributed by atoms with Crippen molar-refractivity contribution in [2.75, 3.05) is 13.1 Å². The minimum atomic E-state index is -0.748. The van der Waals surface area contributed by atoms with Crippen LogP contribution in [-0.4, -0.2) is 73.7 Å². The number of benzene rings is 2. The minimum Gasteiger partial charge on any atom is -0.348 e. The summed E-state index contributed by atoms with van der Waals surface area (Å²) < 4.78 is 14.1. The lowest BCUT2D eigenvalue weighted by Gasteiger charge is -2.36. The molecule has 0 unspecified atom stereocenters. The fourth-order valence-corrected chi connectivity index (χ4v) is 5.53. The largest absolute Gasteiger partial charge is 0.348 e. The van der Waals surface area contributed by atoms with Crippen molar-refractivity contribution >= 4 is 39.7 Å². The van der Waals surface area contributed by atoms with Crippen LogP contribution in [0.1, 0.15) is 41.4 Å². The SMILES string of the molecule is CC(C)[C@H](NC(=O)c1cc2cccc(F)c2[nH]1)C(=O)N1C[C@@H]2C[C@H]1CN2C(=O)c1nc2ccccc2[nH]1. The van der Waals surface area contributed by atoms with E-state index in [9.17, 15) is 18.8 Å². The summed E-state index contributed by atoms with van der Waals surface area (Å²) in [4.78, 5) is 53.6. The molecule has 0 aliphatic carbocycles. The average Bonchev–Trinajstić information content (AvgIpc) is 3.67. The highest BCUT2D eigenvalue weighted by atomic mass is 19.1. The maximum Gasteiger partial charge on any atom is 0.290 e. The summed E-state index contributed by atoms with van der Waals surface area (Å²) in [6, 6.07) is 12.7. The predicted octanol–water partition coefficient (Wildman–Crippen LogP) is 3.06. The van der Waals surface area contributed by atoms with Crippen LogP contribution in [0.2, 0.25) is 0 Å². The van der Waals surface area contributed by atoms with Crippen molar-refractivity contribution < 1.29 is 18.8 Å². The predicted molar refractivity (Wildman–Crippen MR) is 135 cm³/mol. The number of carbonyl (C=O) groups is 3. The molecular weight excluding hydrogens is 475 g/mol. The second kappa shape index (κ2) is 8.72. The van der Waals surface area contributed by atoms with Gasteiger partial charge in [-0.25, -0.2) is 9.37 Å². The van der Waals surface area contributed by atoms with Crippen LogP contribution in [0.25, 0.3) is 21.9 Å². The third-order valence-corrected chi connectivity index (χ3v) is 7.45. The zero-order valence-electron chi connectivity index (χ0n) is 20.5. The smallest absolute Gasteiger partial charge is 0.290 e. The number of nitrogens with one attached hydrogen (secondary N) is 3. The highest BCUT2D eigenvalue weighted by molar-refractivity contribution is 6.00. The van der Waals surface area contributed by atoms with Gasteiger partial charge < -0.3 is 25.1 Å². The number of rotatable bonds is 5. The highest BCUT2D eigenvalue weighted by Gasteiger charge is 2.49. The standard InChI is InChI=1S/C27H27FN6O3/c1-14(2)22(32-25(35)21-10-15-6-5-7-18(28)23(15)29-21)26(36)33-12-17-11-16(33)13-34(17)27(37)24-30-19-8-3-4-9-20(19)31-24/h3-10,14,16-17,22,29H,11-13H2,1-2H3,(H,30,31)(H,32,35)/t16-,17-,22-/m0/s1. The van der Waals surface area contributed by atoms with Gasteiger partial charge in [-0.15, -0.1) is 0 Å². The van der Waals surface area contributed by atoms with E-state index in [0.29, 0.717) is 30.7 Å². The first-order chi connectivity index (χ1) is 17.8. The van der Waals surface area contributed by atoms with Gasteiger partial charge in [0.15, 0.2) is 5.82 Å². The van der Waals surface area contributed by atoms with Crippen molar-refractivity contribution in [3.8, 4) is 0 Å². The van der Waals surface area contributed by atoms with Gasteiger partial charge in [0.05, 0.1) is 28.6 Å². The molecule has 2 bridgehead atoms. The molecule has 0 spiro atoms. The molecule has 10 heteroatoms. The van der Waals surface area contributed by atoms with E-state index in [0.717, 1.165) is 11.0 Å². The van der Waals surface area contributed by atoms with Gasteiger partial charge in [0.2, 0.25) is 5.91 Å². The lowest BCUT2D eigenvalue weighted by molar-refractivity contribution is -0.136. The number of aromatic nitrogens is 3. The molecule has 2 aliphatic rings. The van der Waals surface area contributed by atoms with E-state index in [2.05, 4.69) is 20.3 Å². The molecule has 9 nitrogen and oxygen atoms in total. The molecule has 4 aromatic rings. The number of para-hydroxylation sites is 3. The maximum absolute atomic E-state index is 14.1. The lowest BCUT2D eigenvalue weighted by atomic mass is 10.0. The van der Waals surface area contributed by atoms with Crippen LogP contribution in [0.4, 0.5) is 4.39 Å². The molecule has 2 aliphatic heterocycles. The molecule has 3 N–H and O–H groups in total. The van der Waals surface area contributed by atoms with E-state index in [-0.39, 0.29) is 41.0 Å². The highest BCUT2D eigenvalue weighted by Crippen LogP contribution is 2.33. The Morgan fingerprint density at radius 3 is 2.49 bits per heavy atom. The summed E-state index contributed by atoms with van der Waals surface area (Å²) in [7, 11) is 0. The van der Waals surface area contributed by atoms with Crippen LogP contribution in [0.15, 0.2) is 48.5 Å². The van der Waals surface area contributed by atoms with Gasteiger partial charge in [-0.05, 0) is 36.6 Å². The molecule has 2 aromatic carbocycles. The van der Waals surface area contributed by atoms with Crippen molar-refractivity contribution in [3.05, 3.63) is 65.9 Å². The Morgan fingerprint density at radius 2 is 1.78 bits per heavy atom. The summed E-state index contributed by atoms with van der Waals surface area (Å²) in [5.41, 5.74) is 2.00. The van der Waals surface area contributed by atoms with Crippen LogP contribution in [0.3, 0.4) is 0 Å². The molecule has 4 heterocycles. The Balaban J connectivity index is 1.15. The van der Waals surface area contributed by atoms with E-state index < -0.39 is 17.8 Å². The molecule has 6 rings (SSSR count). The van der Waals surface area contributed by atoms with E-state index in [4.69, 9.17) is 0 Å². The summed E-state index contributed by atoms with van der Waals surface area (Å²) in [5, 5.41) is 3.43. The third kappa shape index (κ3) is 3.92. The molecular formula is C27H27FN6O3. The number of amides is 3. The van der Waals surface area contributed by atoms with Gasteiger partial charge in [-0.1, -0.05) is 38.1 Å². The second-order valence-corrected chi connectivity index (χ2v) is 10.2. The number of H-pyrrole nitrogens is 2. The van der Waals surface area contributed by atoms with Crippen LogP contribution >= 0.6 is 0 Å². The van der Waals surface area contributed by atoms with Gasteiger partial charge in [-0.2, -0.15) is 0 Å². The van der Waals surface area contributed by atoms with Crippen molar-refractivity contribution in [1.29, 1.82) is 0 Å². The summed E-state index contributed by atoms with van der Waals surface area (Å²) in [6.07, 6.45) is 0.692. The van der Waals surface area contributed by atoms with Crippen molar-refractivity contribution in [2.45, 2.75) is 38.4 Å². The van der Waals surface area contributed by atoms with Gasteiger partial charge >= 0.3 is 0 Å². The minimum absolute atomic E-state index is 0.102. The van der Waals surface area contributed by atoms with Gasteiger partial charge in [0.25, 0.3) is 11.8 Å². The van der Waals surface area contributed by atoms with Crippen molar-refractivity contribution in [3.63, 3.8) is 0 Å². The number of aromatic amines is 2. The van der Waals surface area contributed by atoms with Crippen LogP contribution in [0, 0.1) is 11.7 Å². The Morgan fingerprint density at radius 1 is 1.03 bits per heavy atom. The summed E-state index contributed by atoms with van der Waals surface area (Å²) in [6.45, 7) is 4.58. The van der Waals surface area contributed by atoms with E-state index >= 15 is 0 Å². The first kappa shape index (κ1) is 23.2. The number of nitrogens with zero attached hydrogens (tertiary/aromatic N) is 3. The normalized spacial score (nSPS) is 19.8. The summed E-state index contributed by atoms with van der Waals surface area (Å²) in [5.74, 6) is -1.11. The number of hydrogen-bond donors (Lipinski definition) is 3. The lowest BCUT2D eigenvalue weighted by Crippen LogP contribution is -2.57. The zero-order chi connectivity index (χ0) is 25.8. The van der Waals surface area contributed by atoms with Crippen LogP contribution in [-0.2, 0) is 4.79 Å². The number of piperazine rings is 1. The first-order valence-electron chi connectivity index (χ1n) is 12.4. The molecule has 0 saturated carbocycles. The van der Waals surface area contributed by atoms with Gasteiger partial charge in [-0.3, -0.25) is 14.4 Å².